The molecule has 2 aromatic rings. The topological polar surface area (TPSA) is 9.72 Å². The zero-order chi connectivity index (χ0) is 19.2. The molecule has 2 fully saturated rings. The van der Waals surface area contributed by atoms with Gasteiger partial charge in [0.05, 0.1) is 6.04 Å². The van der Waals surface area contributed by atoms with Crippen LogP contribution >= 0.6 is 0 Å². The number of hydrogen-bond acceptors (Lipinski definition) is 3. The Kier molecular flexibility index (Phi) is 6.79. The molecule has 1 atom stereocenters. The van der Waals surface area contributed by atoms with Gasteiger partial charge >= 0.3 is 0 Å². The first-order valence-electron chi connectivity index (χ1n) is 11.2. The zero-order valence-corrected chi connectivity index (χ0v) is 17.3. The maximum atomic E-state index is 2.71. The van der Waals surface area contributed by atoms with E-state index < -0.39 is 0 Å². The van der Waals surface area contributed by atoms with E-state index in [4.69, 9.17) is 0 Å². The van der Waals surface area contributed by atoms with Crippen LogP contribution in [0.3, 0.4) is 0 Å². The predicted molar refractivity (Wildman–Crippen MR) is 118 cm³/mol. The van der Waals surface area contributed by atoms with E-state index in [1.807, 2.05) is 0 Å². The van der Waals surface area contributed by atoms with Crippen molar-refractivity contribution in [1.29, 1.82) is 0 Å². The molecule has 2 saturated heterocycles. The molecule has 150 valence electrons. The van der Waals surface area contributed by atoms with Gasteiger partial charge in [-0.05, 0) is 37.1 Å². The molecule has 0 bridgehead atoms. The van der Waals surface area contributed by atoms with Crippen molar-refractivity contribution in [2.24, 2.45) is 0 Å². The molecule has 0 spiro atoms. The van der Waals surface area contributed by atoms with Crippen molar-refractivity contribution in [3.63, 3.8) is 0 Å². The summed E-state index contributed by atoms with van der Waals surface area (Å²) in [6.07, 6.45) is 4.17. The summed E-state index contributed by atoms with van der Waals surface area (Å²) in [4.78, 5) is 8.09. The Bertz CT molecular complexity index is 655. The second-order valence-corrected chi connectivity index (χ2v) is 8.34. The third-order valence-electron chi connectivity index (χ3n) is 6.63. The van der Waals surface area contributed by atoms with Crippen LogP contribution in [0.4, 0.5) is 0 Å². The Morgan fingerprint density at radius 3 is 1.96 bits per heavy atom. The summed E-state index contributed by atoms with van der Waals surface area (Å²) in [5.74, 6) is 0. The van der Waals surface area contributed by atoms with Crippen LogP contribution in [0.1, 0.15) is 43.4 Å². The average Bonchev–Trinajstić information content (AvgIpc) is 2.77. The van der Waals surface area contributed by atoms with Gasteiger partial charge in [0.1, 0.15) is 0 Å². The third-order valence-corrected chi connectivity index (χ3v) is 6.63. The van der Waals surface area contributed by atoms with E-state index in [2.05, 4.69) is 82.3 Å². The molecule has 3 nitrogen and oxygen atoms in total. The van der Waals surface area contributed by atoms with E-state index >= 15 is 0 Å². The first-order valence-corrected chi connectivity index (χ1v) is 11.2. The van der Waals surface area contributed by atoms with Gasteiger partial charge in [-0.15, -0.1) is 0 Å². The molecule has 0 aromatic heterocycles. The van der Waals surface area contributed by atoms with Gasteiger partial charge in [0.2, 0.25) is 0 Å². The highest BCUT2D eigenvalue weighted by molar-refractivity contribution is 5.31. The van der Waals surface area contributed by atoms with Gasteiger partial charge in [0.15, 0.2) is 0 Å². The molecular weight excluding hydrogens is 342 g/mol. The molecule has 4 rings (SSSR count). The maximum Gasteiger partial charge on any atom is 0.0602 e. The molecule has 1 unspecified atom stereocenters. The van der Waals surface area contributed by atoms with Gasteiger partial charge in [-0.1, -0.05) is 74.0 Å². The number of piperazine rings is 1. The van der Waals surface area contributed by atoms with E-state index in [0.29, 0.717) is 6.04 Å². The molecule has 3 heteroatoms. The highest BCUT2D eigenvalue weighted by Gasteiger charge is 2.29. The van der Waals surface area contributed by atoms with E-state index in [1.54, 1.807) is 0 Å². The minimum Gasteiger partial charge on any atom is -0.299 e. The minimum atomic E-state index is 0.367. The van der Waals surface area contributed by atoms with Crippen molar-refractivity contribution < 1.29 is 0 Å². The van der Waals surface area contributed by atoms with Crippen molar-refractivity contribution in [3.05, 3.63) is 71.8 Å². The molecule has 0 radical (unpaired) electrons. The molecule has 0 saturated carbocycles. The fraction of sp³-hybridized carbons (Fsp3) is 0.520. The highest BCUT2D eigenvalue weighted by atomic mass is 15.3. The van der Waals surface area contributed by atoms with Crippen LogP contribution in [0, 0.1) is 0 Å². The summed E-state index contributed by atoms with van der Waals surface area (Å²) in [6, 6.07) is 23.2. The second-order valence-electron chi connectivity index (χ2n) is 8.34. The van der Waals surface area contributed by atoms with Crippen LogP contribution in [0.25, 0.3) is 0 Å². The van der Waals surface area contributed by atoms with Crippen LogP contribution in [0.2, 0.25) is 0 Å². The summed E-state index contributed by atoms with van der Waals surface area (Å²) in [7, 11) is 0. The summed E-state index contributed by atoms with van der Waals surface area (Å²) in [5, 5.41) is 0. The molecule has 2 aliphatic rings. The first-order chi connectivity index (χ1) is 13.8. The molecule has 2 heterocycles. The molecule has 0 aliphatic carbocycles. The number of likely N-dealkylation sites (tertiary alicyclic amines) is 1. The Morgan fingerprint density at radius 2 is 1.39 bits per heavy atom. The monoisotopic (exact) mass is 377 g/mol. The Hall–Kier alpha value is -1.68. The Morgan fingerprint density at radius 1 is 0.786 bits per heavy atom. The summed E-state index contributed by atoms with van der Waals surface area (Å²) >= 11 is 0. The predicted octanol–water partition coefficient (Wildman–Crippen LogP) is 4.27. The van der Waals surface area contributed by atoms with Crippen molar-refractivity contribution in [2.75, 3.05) is 45.8 Å². The number of benzene rings is 2. The number of likely N-dealkylation sites (N-methyl/N-ethyl adjacent to an activating group) is 1. The zero-order valence-electron chi connectivity index (χ0n) is 17.3. The largest absolute Gasteiger partial charge is 0.299 e. The van der Waals surface area contributed by atoms with Gasteiger partial charge in [-0.2, -0.15) is 0 Å². The fourth-order valence-corrected chi connectivity index (χ4v) is 5.07. The van der Waals surface area contributed by atoms with E-state index in [-0.39, 0.29) is 0 Å². The number of piperidine rings is 1. The molecular formula is C25H35N3. The van der Waals surface area contributed by atoms with Crippen LogP contribution < -0.4 is 0 Å². The van der Waals surface area contributed by atoms with Crippen molar-refractivity contribution in [1.82, 2.24) is 14.7 Å². The second kappa shape index (κ2) is 9.69. The number of hydrogen-bond donors (Lipinski definition) is 0. The van der Waals surface area contributed by atoms with Crippen LogP contribution in [-0.4, -0.2) is 66.6 Å². The Labute approximate surface area is 171 Å². The lowest BCUT2D eigenvalue weighted by molar-refractivity contribution is 0.0651. The molecule has 0 amide bonds. The van der Waals surface area contributed by atoms with Crippen molar-refractivity contribution >= 4 is 0 Å². The SMILES string of the molecule is CCN1CCCCC1CN1CCN(C(c2ccccc2)c2ccccc2)CC1. The Balaban J connectivity index is 1.42. The molecule has 2 aromatic carbocycles. The number of nitrogens with zero attached hydrogens (tertiary/aromatic N) is 3. The van der Waals surface area contributed by atoms with E-state index in [9.17, 15) is 0 Å². The average molecular weight is 378 g/mol. The van der Waals surface area contributed by atoms with Crippen molar-refractivity contribution in [2.45, 2.75) is 38.3 Å². The van der Waals surface area contributed by atoms with Crippen LogP contribution in [0.15, 0.2) is 60.7 Å². The molecule has 2 aliphatic heterocycles. The normalized spacial score (nSPS) is 22.6. The van der Waals surface area contributed by atoms with Gasteiger partial charge in [-0.3, -0.25) is 14.7 Å². The van der Waals surface area contributed by atoms with Gasteiger partial charge in [-0.25, -0.2) is 0 Å². The lowest BCUT2D eigenvalue weighted by Crippen LogP contribution is -2.53. The fourth-order valence-electron chi connectivity index (χ4n) is 5.07. The van der Waals surface area contributed by atoms with Crippen LogP contribution in [-0.2, 0) is 0 Å². The maximum absolute atomic E-state index is 2.71. The first kappa shape index (κ1) is 19.6. The third kappa shape index (κ3) is 4.65. The quantitative estimate of drug-likeness (QED) is 0.744. The lowest BCUT2D eigenvalue weighted by atomic mass is 9.96. The minimum absolute atomic E-state index is 0.367. The highest BCUT2D eigenvalue weighted by Crippen LogP contribution is 2.29. The van der Waals surface area contributed by atoms with Gasteiger partial charge in [0.25, 0.3) is 0 Å². The van der Waals surface area contributed by atoms with Gasteiger partial charge < -0.3 is 0 Å². The van der Waals surface area contributed by atoms with Crippen LogP contribution in [0.5, 0.6) is 0 Å². The van der Waals surface area contributed by atoms with Crippen molar-refractivity contribution in [3.8, 4) is 0 Å². The lowest BCUT2D eigenvalue weighted by Gasteiger charge is -2.43. The van der Waals surface area contributed by atoms with E-state index in [1.165, 1.54) is 63.1 Å². The summed E-state index contributed by atoms with van der Waals surface area (Å²) in [5.41, 5.74) is 2.82. The summed E-state index contributed by atoms with van der Waals surface area (Å²) in [6.45, 7) is 10.7. The summed E-state index contributed by atoms with van der Waals surface area (Å²) < 4.78 is 0. The van der Waals surface area contributed by atoms with E-state index in [0.717, 1.165) is 19.1 Å². The molecule has 0 N–H and O–H groups in total. The molecule has 28 heavy (non-hydrogen) atoms. The smallest absolute Gasteiger partial charge is 0.0602 e. The number of rotatable bonds is 6. The van der Waals surface area contributed by atoms with Gasteiger partial charge in [0, 0.05) is 38.8 Å². The standard InChI is InChI=1S/C25H35N3/c1-2-27-16-10-9-15-24(27)21-26-17-19-28(20-18-26)25(22-11-5-3-6-12-22)23-13-7-4-8-14-23/h3-8,11-14,24-25H,2,9-10,15-21H2,1H3.